The largest absolute Gasteiger partial charge is 0.459 e. The minimum Gasteiger partial charge on any atom is -0.459 e. The van der Waals surface area contributed by atoms with E-state index in [-0.39, 0.29) is 17.6 Å². The van der Waals surface area contributed by atoms with Crippen LogP contribution in [0, 0.1) is 0 Å². The van der Waals surface area contributed by atoms with E-state index in [0.717, 1.165) is 34.6 Å². The van der Waals surface area contributed by atoms with Gasteiger partial charge in [0.2, 0.25) is 0 Å². The number of para-hydroxylation sites is 1. The number of fused-ring (bicyclic) bond motifs is 2. The molecule has 9 heteroatoms. The van der Waals surface area contributed by atoms with Gasteiger partial charge < -0.3 is 9.64 Å². The third-order valence-electron chi connectivity index (χ3n) is 6.88. The van der Waals surface area contributed by atoms with Gasteiger partial charge in [-0.15, -0.1) is 11.8 Å². The highest BCUT2D eigenvalue weighted by molar-refractivity contribution is 7.98. The molecule has 0 spiro atoms. The van der Waals surface area contributed by atoms with Gasteiger partial charge in [-0.1, -0.05) is 55.0 Å². The molecule has 0 N–H and O–H groups in total. The van der Waals surface area contributed by atoms with Gasteiger partial charge in [0.15, 0.2) is 4.80 Å². The molecule has 0 saturated carbocycles. The molecule has 0 fully saturated rings. The summed E-state index contributed by atoms with van der Waals surface area (Å²) in [4.78, 5) is 49.3. The Kier molecular flexibility index (Phi) is 7.64. The molecule has 1 aromatic heterocycles. The highest BCUT2D eigenvalue weighted by atomic mass is 32.2. The molecule has 1 amide bonds. The number of aromatic nitrogens is 1. The van der Waals surface area contributed by atoms with E-state index in [4.69, 9.17) is 4.74 Å². The summed E-state index contributed by atoms with van der Waals surface area (Å²) in [6.07, 6.45) is 3.48. The first-order valence-corrected chi connectivity index (χ1v) is 15.1. The summed E-state index contributed by atoms with van der Waals surface area (Å²) in [5.74, 6) is -0.679. The Bertz CT molecular complexity index is 1670. The quantitative estimate of drug-likeness (QED) is 0.315. The SMILES string of the molecule is CCCCN1C(=O)/C(=c2\sc3n(c2=O)[C@H](c2ccc(SC)cc2)C(C(=O)OC(C)C)=C(C)N=3)c2ccccc21. The van der Waals surface area contributed by atoms with E-state index in [9.17, 15) is 14.4 Å². The number of thioether (sulfide) groups is 1. The second-order valence-corrected chi connectivity index (χ2v) is 11.7. The number of ether oxygens (including phenoxy) is 1. The summed E-state index contributed by atoms with van der Waals surface area (Å²) < 4.78 is 7.48. The van der Waals surface area contributed by atoms with Crippen molar-refractivity contribution in [3.8, 4) is 0 Å². The van der Waals surface area contributed by atoms with Crippen molar-refractivity contribution in [2.45, 2.75) is 57.6 Å². The van der Waals surface area contributed by atoms with Gasteiger partial charge >= 0.3 is 5.97 Å². The number of unbranched alkanes of at least 4 members (excludes halogenated alkanes) is 1. The zero-order chi connectivity index (χ0) is 27.8. The molecule has 0 aliphatic carbocycles. The fourth-order valence-corrected chi connectivity index (χ4v) is 6.59. The van der Waals surface area contributed by atoms with Gasteiger partial charge in [0.05, 0.1) is 34.7 Å². The number of thiazole rings is 1. The van der Waals surface area contributed by atoms with Crippen LogP contribution in [0.1, 0.15) is 57.7 Å². The normalized spacial score (nSPS) is 17.8. The number of benzene rings is 2. The fraction of sp³-hybridized carbons (Fsp3) is 0.333. The number of hydrogen-bond acceptors (Lipinski definition) is 7. The number of nitrogens with zero attached hydrogens (tertiary/aromatic N) is 3. The molecule has 5 rings (SSSR count). The van der Waals surface area contributed by atoms with Crippen molar-refractivity contribution < 1.29 is 14.3 Å². The van der Waals surface area contributed by atoms with Crippen LogP contribution in [0.2, 0.25) is 0 Å². The van der Waals surface area contributed by atoms with Crippen LogP contribution in [0.5, 0.6) is 0 Å². The van der Waals surface area contributed by atoms with E-state index < -0.39 is 12.0 Å². The van der Waals surface area contributed by atoms with Crippen molar-refractivity contribution in [3.63, 3.8) is 0 Å². The molecule has 0 bridgehead atoms. The Morgan fingerprint density at radius 3 is 2.51 bits per heavy atom. The minimum atomic E-state index is -0.722. The molecule has 7 nitrogen and oxygen atoms in total. The van der Waals surface area contributed by atoms with Crippen molar-refractivity contribution in [2.75, 3.05) is 17.7 Å². The van der Waals surface area contributed by atoms with Crippen LogP contribution in [-0.2, 0) is 14.3 Å². The second-order valence-electron chi connectivity index (χ2n) is 9.83. The maximum Gasteiger partial charge on any atom is 0.338 e. The fourth-order valence-electron chi connectivity index (χ4n) is 5.05. The second kappa shape index (κ2) is 11.0. The Morgan fingerprint density at radius 2 is 1.85 bits per heavy atom. The molecule has 0 unspecified atom stereocenters. The lowest BCUT2D eigenvalue weighted by molar-refractivity contribution is -0.143. The zero-order valence-corrected chi connectivity index (χ0v) is 24.3. The third kappa shape index (κ3) is 4.78. The summed E-state index contributed by atoms with van der Waals surface area (Å²) in [5.41, 5.74) is 3.23. The number of hydrogen-bond donors (Lipinski definition) is 0. The van der Waals surface area contributed by atoms with Gasteiger partial charge in [-0.25, -0.2) is 9.79 Å². The third-order valence-corrected chi connectivity index (χ3v) is 8.67. The molecular formula is C30H31N3O4S2. The first-order valence-electron chi connectivity index (χ1n) is 13.1. The molecular weight excluding hydrogens is 530 g/mol. The maximum absolute atomic E-state index is 14.2. The standard InChI is InChI=1S/C30H31N3O4S2/c1-6-7-16-32-22-11-9-8-10-21(22)24(27(32)34)26-28(35)33-25(19-12-14-20(38-5)15-13-19)23(29(36)37-17(2)3)18(4)31-30(33)39-26/h8-15,17,25H,6-7,16H2,1-5H3/b26-24-/t25-/m1/s1. The molecule has 2 aliphatic rings. The summed E-state index contributed by atoms with van der Waals surface area (Å²) in [6, 6.07) is 14.7. The number of anilines is 1. The van der Waals surface area contributed by atoms with E-state index in [1.165, 1.54) is 11.3 Å². The topological polar surface area (TPSA) is 81.0 Å². The molecule has 0 radical (unpaired) electrons. The Hall–Kier alpha value is -3.43. The van der Waals surface area contributed by atoms with Gasteiger partial charge in [-0.05, 0) is 57.2 Å². The van der Waals surface area contributed by atoms with E-state index >= 15 is 0 Å². The maximum atomic E-state index is 14.2. The predicted molar refractivity (Wildman–Crippen MR) is 156 cm³/mol. The minimum absolute atomic E-state index is 0.175. The zero-order valence-electron chi connectivity index (χ0n) is 22.7. The molecule has 0 saturated heterocycles. The van der Waals surface area contributed by atoms with Crippen LogP contribution in [-0.4, -0.2) is 35.3 Å². The molecule has 2 aliphatic heterocycles. The van der Waals surface area contributed by atoms with Crippen molar-refractivity contribution in [2.24, 2.45) is 4.99 Å². The predicted octanol–water partition coefficient (Wildman–Crippen LogP) is 4.43. The molecule has 3 heterocycles. The Labute approximate surface area is 235 Å². The lowest BCUT2D eigenvalue weighted by Gasteiger charge is -2.25. The number of carbonyl (C=O) groups excluding carboxylic acids is 2. The van der Waals surface area contributed by atoms with Gasteiger partial charge in [0, 0.05) is 17.0 Å². The van der Waals surface area contributed by atoms with E-state index in [1.807, 2.05) is 54.8 Å². The van der Waals surface area contributed by atoms with Crippen LogP contribution in [0.15, 0.2) is 74.5 Å². The summed E-state index contributed by atoms with van der Waals surface area (Å²) in [7, 11) is 0. The lowest BCUT2D eigenvalue weighted by atomic mass is 9.96. The van der Waals surface area contributed by atoms with Crippen LogP contribution < -0.4 is 19.8 Å². The van der Waals surface area contributed by atoms with E-state index in [2.05, 4.69) is 11.9 Å². The highest BCUT2D eigenvalue weighted by Gasteiger charge is 2.37. The number of rotatable bonds is 7. The Balaban J connectivity index is 1.76. The number of carbonyl (C=O) groups is 2. The number of allylic oxidation sites excluding steroid dienone is 1. The molecule has 202 valence electrons. The van der Waals surface area contributed by atoms with Crippen LogP contribution in [0.4, 0.5) is 5.69 Å². The lowest BCUT2D eigenvalue weighted by Crippen LogP contribution is -2.41. The van der Waals surface area contributed by atoms with Gasteiger partial charge in [-0.2, -0.15) is 0 Å². The van der Waals surface area contributed by atoms with Crippen molar-refractivity contribution in [3.05, 3.63) is 90.6 Å². The molecule has 2 aromatic carbocycles. The van der Waals surface area contributed by atoms with Gasteiger partial charge in [0.25, 0.3) is 11.5 Å². The van der Waals surface area contributed by atoms with Crippen LogP contribution in [0.25, 0.3) is 5.57 Å². The monoisotopic (exact) mass is 561 g/mol. The van der Waals surface area contributed by atoms with Gasteiger partial charge in [0.1, 0.15) is 4.53 Å². The molecule has 1 atom stereocenters. The number of esters is 1. The van der Waals surface area contributed by atoms with Crippen molar-refractivity contribution in [1.82, 2.24) is 4.57 Å². The van der Waals surface area contributed by atoms with Crippen molar-refractivity contribution >= 4 is 46.2 Å². The average Bonchev–Trinajstić information content (AvgIpc) is 3.38. The first kappa shape index (κ1) is 27.1. The molecule has 3 aromatic rings. The van der Waals surface area contributed by atoms with E-state index in [0.29, 0.717) is 32.7 Å². The number of amides is 1. The Morgan fingerprint density at radius 1 is 1.13 bits per heavy atom. The average molecular weight is 562 g/mol. The van der Waals surface area contributed by atoms with Crippen LogP contribution in [0.3, 0.4) is 0 Å². The van der Waals surface area contributed by atoms with E-state index in [1.54, 1.807) is 42.0 Å². The summed E-state index contributed by atoms with van der Waals surface area (Å²) in [5, 5.41) is 0. The highest BCUT2D eigenvalue weighted by Crippen LogP contribution is 2.36. The van der Waals surface area contributed by atoms with Crippen molar-refractivity contribution in [1.29, 1.82) is 0 Å². The van der Waals surface area contributed by atoms with Crippen LogP contribution >= 0.6 is 23.1 Å². The summed E-state index contributed by atoms with van der Waals surface area (Å²) >= 11 is 2.81. The smallest absolute Gasteiger partial charge is 0.338 e. The summed E-state index contributed by atoms with van der Waals surface area (Å²) in [6.45, 7) is 8.02. The molecule has 39 heavy (non-hydrogen) atoms. The van der Waals surface area contributed by atoms with Gasteiger partial charge in [-0.3, -0.25) is 14.2 Å². The first-order chi connectivity index (χ1) is 18.8.